The largest absolute Gasteiger partial charge is 0.326 e. The molecule has 0 radical (unpaired) electrons. The zero-order valence-electron chi connectivity index (χ0n) is 11.4. The highest BCUT2D eigenvalue weighted by Gasteiger charge is 2.20. The zero-order chi connectivity index (χ0) is 12.8. The normalized spacial score (nSPS) is 15.2. The Hall–Kier alpha value is -0.900. The van der Waals surface area contributed by atoms with Crippen LogP contribution in [0.25, 0.3) is 0 Å². The first kappa shape index (κ1) is 14.2. The summed E-state index contributed by atoms with van der Waals surface area (Å²) >= 11 is 0. The number of likely N-dealkylation sites (N-methyl/N-ethyl adjacent to an activating group) is 2. The van der Waals surface area contributed by atoms with Crippen molar-refractivity contribution in [2.75, 3.05) is 34.2 Å². The maximum Gasteiger partial charge on any atom is 0.0494 e. The summed E-state index contributed by atoms with van der Waals surface area (Å²) in [5.41, 5.74) is 7.42. The van der Waals surface area contributed by atoms with Crippen LogP contribution in [0.4, 0.5) is 0 Å². The predicted octanol–water partition coefficient (Wildman–Crippen LogP) is 1.57. The summed E-state index contributed by atoms with van der Waals surface area (Å²) in [4.78, 5) is 4.53. The van der Waals surface area contributed by atoms with Gasteiger partial charge in [0.1, 0.15) is 0 Å². The number of nitrogens with zero attached hydrogens (tertiary/aromatic N) is 2. The fraction of sp³-hybridized carbons (Fsp3) is 0.571. The highest BCUT2D eigenvalue weighted by molar-refractivity contribution is 5.20. The average molecular weight is 235 g/mol. The van der Waals surface area contributed by atoms with E-state index in [1.54, 1.807) is 0 Å². The summed E-state index contributed by atoms with van der Waals surface area (Å²) in [5, 5.41) is 0. The topological polar surface area (TPSA) is 32.5 Å². The van der Waals surface area contributed by atoms with Gasteiger partial charge in [0.25, 0.3) is 0 Å². The molecule has 0 aromatic heterocycles. The second kappa shape index (κ2) is 6.74. The molecule has 96 valence electrons. The molecule has 2 unspecified atom stereocenters. The van der Waals surface area contributed by atoms with E-state index in [1.807, 2.05) is 6.07 Å². The number of hydrogen-bond donors (Lipinski definition) is 1. The van der Waals surface area contributed by atoms with Crippen molar-refractivity contribution in [1.82, 2.24) is 9.80 Å². The third kappa shape index (κ3) is 4.46. The van der Waals surface area contributed by atoms with Crippen LogP contribution in [-0.2, 0) is 0 Å². The van der Waals surface area contributed by atoms with E-state index >= 15 is 0 Å². The van der Waals surface area contributed by atoms with Crippen molar-refractivity contribution in [3.63, 3.8) is 0 Å². The minimum atomic E-state index is 0.129. The lowest BCUT2D eigenvalue weighted by Gasteiger charge is -2.32. The van der Waals surface area contributed by atoms with Gasteiger partial charge in [-0.1, -0.05) is 30.3 Å². The molecule has 2 atom stereocenters. The van der Waals surface area contributed by atoms with Crippen LogP contribution < -0.4 is 5.73 Å². The van der Waals surface area contributed by atoms with Gasteiger partial charge in [-0.25, -0.2) is 0 Å². The number of hydrogen-bond acceptors (Lipinski definition) is 3. The highest BCUT2D eigenvalue weighted by Crippen LogP contribution is 2.21. The molecule has 0 amide bonds. The standard InChI is InChI=1S/C14H25N3/c1-12(15)14(13-8-6-5-7-9-13)17(4)11-10-16(2)3/h5-9,12,14H,10-11,15H2,1-4H3. The van der Waals surface area contributed by atoms with Crippen LogP contribution in [0.15, 0.2) is 30.3 Å². The van der Waals surface area contributed by atoms with Gasteiger partial charge >= 0.3 is 0 Å². The fourth-order valence-corrected chi connectivity index (χ4v) is 2.11. The van der Waals surface area contributed by atoms with Crippen molar-refractivity contribution < 1.29 is 0 Å². The van der Waals surface area contributed by atoms with E-state index in [0.29, 0.717) is 0 Å². The smallest absolute Gasteiger partial charge is 0.0494 e. The highest BCUT2D eigenvalue weighted by atomic mass is 15.2. The van der Waals surface area contributed by atoms with E-state index in [4.69, 9.17) is 5.73 Å². The molecular formula is C14H25N3. The van der Waals surface area contributed by atoms with Crippen molar-refractivity contribution >= 4 is 0 Å². The Morgan fingerprint density at radius 2 is 1.65 bits per heavy atom. The van der Waals surface area contributed by atoms with Gasteiger partial charge in [0, 0.05) is 25.2 Å². The van der Waals surface area contributed by atoms with Crippen LogP contribution in [0.3, 0.4) is 0 Å². The summed E-state index contributed by atoms with van der Waals surface area (Å²) in [6.45, 7) is 4.14. The summed E-state index contributed by atoms with van der Waals surface area (Å²) in [5.74, 6) is 0. The minimum Gasteiger partial charge on any atom is -0.326 e. The molecule has 0 saturated carbocycles. The monoisotopic (exact) mass is 235 g/mol. The summed E-state index contributed by atoms with van der Waals surface area (Å²) in [7, 11) is 6.33. The second-order valence-corrected chi connectivity index (χ2v) is 5.00. The van der Waals surface area contributed by atoms with Crippen molar-refractivity contribution in [2.45, 2.75) is 19.0 Å². The Morgan fingerprint density at radius 1 is 1.06 bits per heavy atom. The van der Waals surface area contributed by atoms with Gasteiger partial charge in [0.15, 0.2) is 0 Å². The number of rotatable bonds is 6. The molecule has 3 nitrogen and oxygen atoms in total. The Bertz CT molecular complexity index is 309. The average Bonchev–Trinajstić information content (AvgIpc) is 2.27. The van der Waals surface area contributed by atoms with Crippen LogP contribution in [0, 0.1) is 0 Å². The summed E-state index contributed by atoms with van der Waals surface area (Å²) in [6, 6.07) is 10.9. The molecule has 1 rings (SSSR count). The summed E-state index contributed by atoms with van der Waals surface area (Å²) < 4.78 is 0. The molecule has 3 heteroatoms. The van der Waals surface area contributed by atoms with E-state index in [2.05, 4.69) is 62.1 Å². The molecule has 0 heterocycles. The molecule has 0 aliphatic heterocycles. The number of benzene rings is 1. The molecule has 0 spiro atoms. The Labute approximate surface area is 105 Å². The maximum absolute atomic E-state index is 6.12. The lowest BCUT2D eigenvalue weighted by Crippen LogP contribution is -2.40. The minimum absolute atomic E-state index is 0.129. The Balaban J connectivity index is 2.72. The summed E-state index contributed by atoms with van der Waals surface area (Å²) in [6.07, 6.45) is 0. The van der Waals surface area contributed by atoms with Gasteiger partial charge in [-0.05, 0) is 33.6 Å². The molecule has 17 heavy (non-hydrogen) atoms. The van der Waals surface area contributed by atoms with Crippen LogP contribution in [0.1, 0.15) is 18.5 Å². The molecule has 1 aromatic rings. The van der Waals surface area contributed by atoms with Crippen LogP contribution in [0.2, 0.25) is 0 Å². The van der Waals surface area contributed by atoms with E-state index in [-0.39, 0.29) is 12.1 Å². The third-order valence-electron chi connectivity index (χ3n) is 3.01. The molecule has 0 bridgehead atoms. The lowest BCUT2D eigenvalue weighted by molar-refractivity contribution is 0.198. The van der Waals surface area contributed by atoms with Crippen molar-refractivity contribution in [1.29, 1.82) is 0 Å². The first-order chi connectivity index (χ1) is 8.02. The van der Waals surface area contributed by atoms with Gasteiger partial charge in [-0.3, -0.25) is 4.90 Å². The predicted molar refractivity (Wildman–Crippen MR) is 74.0 cm³/mol. The first-order valence-electron chi connectivity index (χ1n) is 6.18. The van der Waals surface area contributed by atoms with Crippen molar-refractivity contribution in [3.05, 3.63) is 35.9 Å². The molecular weight excluding hydrogens is 210 g/mol. The van der Waals surface area contributed by atoms with Gasteiger partial charge in [-0.15, -0.1) is 0 Å². The quantitative estimate of drug-likeness (QED) is 0.812. The van der Waals surface area contributed by atoms with E-state index < -0.39 is 0 Å². The van der Waals surface area contributed by atoms with E-state index in [1.165, 1.54) is 5.56 Å². The molecule has 0 fully saturated rings. The SMILES string of the molecule is CC(N)C(c1ccccc1)N(C)CCN(C)C. The second-order valence-electron chi connectivity index (χ2n) is 5.00. The zero-order valence-corrected chi connectivity index (χ0v) is 11.4. The van der Waals surface area contributed by atoms with Gasteiger partial charge in [0.05, 0.1) is 0 Å². The maximum atomic E-state index is 6.12. The van der Waals surface area contributed by atoms with E-state index in [9.17, 15) is 0 Å². The Morgan fingerprint density at radius 3 is 2.12 bits per heavy atom. The molecule has 1 aromatic carbocycles. The molecule has 2 N–H and O–H groups in total. The van der Waals surface area contributed by atoms with Crippen molar-refractivity contribution in [2.24, 2.45) is 5.73 Å². The van der Waals surface area contributed by atoms with Gasteiger partial charge < -0.3 is 10.6 Å². The van der Waals surface area contributed by atoms with Crippen molar-refractivity contribution in [3.8, 4) is 0 Å². The van der Waals surface area contributed by atoms with E-state index in [0.717, 1.165) is 13.1 Å². The van der Waals surface area contributed by atoms with Gasteiger partial charge in [-0.2, -0.15) is 0 Å². The van der Waals surface area contributed by atoms with Crippen LogP contribution in [0.5, 0.6) is 0 Å². The fourth-order valence-electron chi connectivity index (χ4n) is 2.11. The number of nitrogens with two attached hydrogens (primary N) is 1. The van der Waals surface area contributed by atoms with Gasteiger partial charge in [0.2, 0.25) is 0 Å². The Kier molecular flexibility index (Phi) is 5.62. The van der Waals surface area contributed by atoms with Crippen LogP contribution in [-0.4, -0.2) is 50.1 Å². The first-order valence-corrected chi connectivity index (χ1v) is 6.18. The molecule has 0 aliphatic rings. The molecule has 0 aliphatic carbocycles. The molecule has 0 saturated heterocycles. The lowest BCUT2D eigenvalue weighted by atomic mass is 10.00. The third-order valence-corrected chi connectivity index (χ3v) is 3.01. The van der Waals surface area contributed by atoms with Crippen LogP contribution >= 0.6 is 0 Å².